The van der Waals surface area contributed by atoms with Gasteiger partial charge in [-0.15, -0.1) is 5.06 Å². The smallest absolute Gasteiger partial charge is 0.325 e. The van der Waals surface area contributed by atoms with Crippen LogP contribution in [0, 0.1) is 0 Å². The van der Waals surface area contributed by atoms with Gasteiger partial charge in [-0.05, 0) is 49.1 Å². The van der Waals surface area contributed by atoms with Crippen molar-refractivity contribution >= 4 is 17.6 Å². The van der Waals surface area contributed by atoms with Crippen LogP contribution in [0.3, 0.4) is 0 Å². The number of rotatable bonds is 7. The zero-order chi connectivity index (χ0) is 19.1. The molecule has 0 amide bonds. The van der Waals surface area contributed by atoms with Gasteiger partial charge in [0, 0.05) is 30.7 Å². The Morgan fingerprint density at radius 1 is 1.22 bits per heavy atom. The van der Waals surface area contributed by atoms with Gasteiger partial charge in [0.15, 0.2) is 0 Å². The molecule has 1 aromatic carbocycles. The molecular formula is C21H25ClN2O3. The average molecular weight is 389 g/mol. The molecule has 1 aliphatic rings. The molecule has 0 radical (unpaired) electrons. The summed E-state index contributed by atoms with van der Waals surface area (Å²) in [6.45, 7) is 3.32. The number of ether oxygens (including phenoxy) is 1. The first-order chi connectivity index (χ1) is 13.2. The third-order valence-electron chi connectivity index (χ3n) is 4.54. The van der Waals surface area contributed by atoms with Crippen molar-refractivity contribution in [3.63, 3.8) is 0 Å². The largest absolute Gasteiger partial charge is 0.368 e. The number of halogens is 1. The van der Waals surface area contributed by atoms with Crippen LogP contribution in [0.4, 0.5) is 0 Å². The third kappa shape index (κ3) is 5.76. The molecule has 1 saturated heterocycles. The molecule has 0 N–H and O–H groups in total. The number of nitrogens with zero attached hydrogens (tertiary/aromatic N) is 2. The number of benzene rings is 1. The molecule has 144 valence electrons. The number of hydrogen-bond donors (Lipinski definition) is 0. The number of pyridine rings is 1. The van der Waals surface area contributed by atoms with Crippen molar-refractivity contribution in [2.45, 2.75) is 44.8 Å². The van der Waals surface area contributed by atoms with Gasteiger partial charge in [-0.2, -0.15) is 0 Å². The molecule has 1 atom stereocenters. The van der Waals surface area contributed by atoms with E-state index in [9.17, 15) is 4.79 Å². The minimum absolute atomic E-state index is 0.0776. The Balaban J connectivity index is 1.64. The lowest BCUT2D eigenvalue weighted by Gasteiger charge is -2.32. The lowest BCUT2D eigenvalue weighted by molar-refractivity contribution is -0.201. The van der Waals surface area contributed by atoms with Gasteiger partial charge in [0.1, 0.15) is 6.10 Å². The zero-order valence-corrected chi connectivity index (χ0v) is 16.3. The van der Waals surface area contributed by atoms with Crippen LogP contribution in [0.2, 0.25) is 5.02 Å². The highest BCUT2D eigenvalue weighted by molar-refractivity contribution is 6.30. The molecule has 2 heterocycles. The number of carbonyl (C=O) groups excluding carboxylic acids is 1. The van der Waals surface area contributed by atoms with Gasteiger partial charge in [0.25, 0.3) is 0 Å². The maximum atomic E-state index is 11.7. The van der Waals surface area contributed by atoms with E-state index in [1.165, 1.54) is 0 Å². The second-order valence-electron chi connectivity index (χ2n) is 6.66. The zero-order valence-electron chi connectivity index (χ0n) is 15.5. The Morgan fingerprint density at radius 3 is 2.59 bits per heavy atom. The van der Waals surface area contributed by atoms with E-state index < -0.39 is 0 Å². The van der Waals surface area contributed by atoms with Gasteiger partial charge in [0.2, 0.25) is 0 Å². The first kappa shape index (κ1) is 19.8. The third-order valence-corrected chi connectivity index (χ3v) is 4.80. The standard InChI is InChI=1S/C21H25ClN2O3/c1-2-5-20(25)27-24-14-11-18(12-15-24)26-21(19-6-3-4-13-23-19)16-7-9-17(22)10-8-16/h3-4,6-10,13,18,21H,2,5,11-12,14-15H2,1H3/t21-/m0/s1. The molecule has 1 aromatic heterocycles. The normalized spacial score (nSPS) is 16.8. The Bertz CT molecular complexity index is 716. The Morgan fingerprint density at radius 2 is 1.96 bits per heavy atom. The van der Waals surface area contributed by atoms with E-state index in [1.54, 1.807) is 11.3 Å². The van der Waals surface area contributed by atoms with Crippen molar-refractivity contribution in [2.75, 3.05) is 13.1 Å². The molecule has 27 heavy (non-hydrogen) atoms. The van der Waals surface area contributed by atoms with Crippen LogP contribution in [0.25, 0.3) is 0 Å². The van der Waals surface area contributed by atoms with Crippen molar-refractivity contribution in [1.82, 2.24) is 10.0 Å². The molecule has 0 spiro atoms. The van der Waals surface area contributed by atoms with Gasteiger partial charge in [-0.1, -0.05) is 36.7 Å². The molecule has 1 fully saturated rings. The number of hydroxylamine groups is 2. The minimum Gasteiger partial charge on any atom is -0.368 e. The van der Waals surface area contributed by atoms with Crippen LogP contribution in [-0.4, -0.2) is 35.2 Å². The summed E-state index contributed by atoms with van der Waals surface area (Å²) >= 11 is 6.03. The molecule has 6 heteroatoms. The van der Waals surface area contributed by atoms with Crippen molar-refractivity contribution in [3.8, 4) is 0 Å². The average Bonchev–Trinajstić information content (AvgIpc) is 2.69. The lowest BCUT2D eigenvalue weighted by Crippen LogP contribution is -2.39. The van der Waals surface area contributed by atoms with Crippen LogP contribution in [0.15, 0.2) is 48.7 Å². The van der Waals surface area contributed by atoms with E-state index in [-0.39, 0.29) is 18.2 Å². The Kier molecular flexibility index (Phi) is 7.21. The molecule has 0 unspecified atom stereocenters. The molecule has 3 rings (SSSR count). The molecule has 0 bridgehead atoms. The van der Waals surface area contributed by atoms with E-state index in [2.05, 4.69) is 4.98 Å². The lowest BCUT2D eigenvalue weighted by atomic mass is 10.0. The second-order valence-corrected chi connectivity index (χ2v) is 7.10. The molecule has 0 aliphatic carbocycles. The SMILES string of the molecule is CCCC(=O)ON1CCC(O[C@@H](c2ccc(Cl)cc2)c2ccccn2)CC1. The Labute approximate surface area is 165 Å². The molecule has 5 nitrogen and oxygen atoms in total. The molecule has 0 saturated carbocycles. The fourth-order valence-electron chi connectivity index (χ4n) is 3.13. The summed E-state index contributed by atoms with van der Waals surface area (Å²) < 4.78 is 6.43. The van der Waals surface area contributed by atoms with E-state index in [0.717, 1.165) is 30.5 Å². The van der Waals surface area contributed by atoms with Gasteiger partial charge in [-0.25, -0.2) is 0 Å². The summed E-state index contributed by atoms with van der Waals surface area (Å²) in [4.78, 5) is 21.5. The Hall–Kier alpha value is -1.95. The maximum absolute atomic E-state index is 11.7. The predicted octanol–water partition coefficient (Wildman–Crippen LogP) is 4.56. The van der Waals surface area contributed by atoms with Crippen molar-refractivity contribution < 1.29 is 14.4 Å². The van der Waals surface area contributed by atoms with Crippen LogP contribution in [0.5, 0.6) is 0 Å². The van der Waals surface area contributed by atoms with Crippen molar-refractivity contribution in [3.05, 3.63) is 64.9 Å². The van der Waals surface area contributed by atoms with E-state index in [1.807, 2.05) is 49.4 Å². The van der Waals surface area contributed by atoms with Crippen molar-refractivity contribution in [1.29, 1.82) is 0 Å². The second kappa shape index (κ2) is 9.83. The minimum atomic E-state index is -0.248. The number of piperidine rings is 1. The fraction of sp³-hybridized carbons (Fsp3) is 0.429. The summed E-state index contributed by atoms with van der Waals surface area (Å²) in [5, 5.41) is 2.44. The summed E-state index contributed by atoms with van der Waals surface area (Å²) in [7, 11) is 0. The number of aromatic nitrogens is 1. The number of carbonyl (C=O) groups is 1. The highest BCUT2D eigenvalue weighted by atomic mass is 35.5. The van der Waals surface area contributed by atoms with E-state index >= 15 is 0 Å². The predicted molar refractivity (Wildman–Crippen MR) is 104 cm³/mol. The van der Waals surface area contributed by atoms with Crippen molar-refractivity contribution in [2.24, 2.45) is 0 Å². The first-order valence-electron chi connectivity index (χ1n) is 9.43. The summed E-state index contributed by atoms with van der Waals surface area (Å²) in [6, 6.07) is 13.5. The van der Waals surface area contributed by atoms with Gasteiger partial charge >= 0.3 is 5.97 Å². The van der Waals surface area contributed by atoms with Crippen LogP contribution >= 0.6 is 11.6 Å². The van der Waals surface area contributed by atoms with Gasteiger partial charge in [-0.3, -0.25) is 9.78 Å². The van der Waals surface area contributed by atoms with Crippen LogP contribution < -0.4 is 0 Å². The molecular weight excluding hydrogens is 364 g/mol. The first-order valence-corrected chi connectivity index (χ1v) is 9.81. The summed E-state index contributed by atoms with van der Waals surface area (Å²) in [5.41, 5.74) is 1.89. The van der Waals surface area contributed by atoms with Crippen LogP contribution in [-0.2, 0) is 14.4 Å². The number of hydrogen-bond acceptors (Lipinski definition) is 5. The quantitative estimate of drug-likeness (QED) is 0.695. The van der Waals surface area contributed by atoms with Gasteiger partial charge in [0.05, 0.1) is 11.8 Å². The highest BCUT2D eigenvalue weighted by Crippen LogP contribution is 2.29. The topological polar surface area (TPSA) is 51.7 Å². The van der Waals surface area contributed by atoms with E-state index in [4.69, 9.17) is 21.2 Å². The maximum Gasteiger partial charge on any atom is 0.325 e. The highest BCUT2D eigenvalue weighted by Gasteiger charge is 2.26. The summed E-state index contributed by atoms with van der Waals surface area (Å²) in [5.74, 6) is -0.163. The molecule has 1 aliphatic heterocycles. The fourth-order valence-corrected chi connectivity index (χ4v) is 3.26. The molecule has 2 aromatic rings. The van der Waals surface area contributed by atoms with E-state index in [0.29, 0.717) is 24.5 Å². The van der Waals surface area contributed by atoms with Gasteiger partial charge < -0.3 is 9.57 Å². The monoisotopic (exact) mass is 388 g/mol. The summed E-state index contributed by atoms with van der Waals surface area (Å²) in [6.07, 6.45) is 4.46. The van der Waals surface area contributed by atoms with Crippen LogP contribution in [0.1, 0.15) is 50.0 Å².